The summed E-state index contributed by atoms with van der Waals surface area (Å²) in [6.07, 6.45) is 5.01. The quantitative estimate of drug-likeness (QED) is 0.313. The van der Waals surface area contributed by atoms with Crippen molar-refractivity contribution in [2.24, 2.45) is 5.41 Å². The van der Waals surface area contributed by atoms with Gasteiger partial charge in [0, 0.05) is 18.0 Å². The maximum atomic E-state index is 13.3. The standard InChI is InChI=1S/C32H42N4O5/c1-21(28(38)36-27(32(2,3)4)26(37)31(41)34-24-18-12-7-13-19-24)33-30(40)25(20-22-14-8-5-9-15-22)35-29(39)23-16-10-6-11-17-23/h5-6,8-11,14-17,21,24-25,27H,7,12-13,18-20H2,1-4H3,(H,33,40)(H,34,41)(H,35,39)(H,36,38)/t21-,25-,27+/m0/s1. The van der Waals surface area contributed by atoms with Gasteiger partial charge < -0.3 is 21.3 Å². The van der Waals surface area contributed by atoms with Crippen LogP contribution in [0.5, 0.6) is 0 Å². The molecule has 0 bridgehead atoms. The molecular formula is C32H42N4O5. The number of hydrogen-bond donors (Lipinski definition) is 4. The molecule has 4 N–H and O–H groups in total. The molecule has 2 aromatic carbocycles. The molecule has 41 heavy (non-hydrogen) atoms. The molecule has 9 nitrogen and oxygen atoms in total. The molecule has 3 rings (SSSR count). The second-order valence-corrected chi connectivity index (χ2v) is 11.8. The van der Waals surface area contributed by atoms with Crippen LogP contribution in [0.2, 0.25) is 0 Å². The van der Waals surface area contributed by atoms with Crippen LogP contribution in [-0.2, 0) is 25.6 Å². The maximum absolute atomic E-state index is 13.3. The average Bonchev–Trinajstić information content (AvgIpc) is 2.95. The van der Waals surface area contributed by atoms with Gasteiger partial charge in [0.25, 0.3) is 11.8 Å². The van der Waals surface area contributed by atoms with Crippen LogP contribution in [0.25, 0.3) is 0 Å². The van der Waals surface area contributed by atoms with E-state index >= 15 is 0 Å². The zero-order valence-electron chi connectivity index (χ0n) is 24.4. The Kier molecular flexibility index (Phi) is 11.2. The van der Waals surface area contributed by atoms with E-state index < -0.39 is 53.0 Å². The topological polar surface area (TPSA) is 133 Å². The molecule has 0 radical (unpaired) electrons. The van der Waals surface area contributed by atoms with Crippen LogP contribution in [0.15, 0.2) is 60.7 Å². The van der Waals surface area contributed by atoms with Crippen molar-refractivity contribution < 1.29 is 24.0 Å². The summed E-state index contributed by atoms with van der Waals surface area (Å²) in [5.41, 5.74) is 0.488. The number of Topliss-reactive ketones (excluding diaryl/α,β-unsaturated/α-hetero) is 1. The summed E-state index contributed by atoms with van der Waals surface area (Å²) in [7, 11) is 0. The SMILES string of the molecule is C[C@H](NC(=O)[C@H](Cc1ccccc1)NC(=O)c1ccccc1)C(=O)N[C@H](C(=O)C(=O)NC1CCCCC1)C(C)(C)C. The summed E-state index contributed by atoms with van der Waals surface area (Å²) in [5, 5.41) is 11.0. The van der Waals surface area contributed by atoms with Gasteiger partial charge in [-0.15, -0.1) is 0 Å². The summed E-state index contributed by atoms with van der Waals surface area (Å²) in [6, 6.07) is 14.7. The van der Waals surface area contributed by atoms with Crippen LogP contribution < -0.4 is 21.3 Å². The molecule has 0 aliphatic heterocycles. The highest BCUT2D eigenvalue weighted by molar-refractivity contribution is 6.38. The average molecular weight is 563 g/mol. The van der Waals surface area contributed by atoms with Crippen molar-refractivity contribution in [1.82, 2.24) is 21.3 Å². The Morgan fingerprint density at radius 2 is 1.37 bits per heavy atom. The Bertz CT molecular complexity index is 1200. The summed E-state index contributed by atoms with van der Waals surface area (Å²) in [4.78, 5) is 65.3. The molecule has 4 amide bonds. The Morgan fingerprint density at radius 3 is 1.95 bits per heavy atom. The van der Waals surface area contributed by atoms with Crippen molar-refractivity contribution >= 4 is 29.4 Å². The third-order valence-electron chi connectivity index (χ3n) is 7.27. The molecule has 0 saturated heterocycles. The first kappa shape index (κ1) is 31.5. The van der Waals surface area contributed by atoms with Crippen molar-refractivity contribution in [3.05, 3.63) is 71.8 Å². The normalized spacial score (nSPS) is 16.0. The third-order valence-corrected chi connectivity index (χ3v) is 7.27. The van der Waals surface area contributed by atoms with Crippen molar-refractivity contribution in [1.29, 1.82) is 0 Å². The molecule has 0 spiro atoms. The minimum atomic E-state index is -1.09. The largest absolute Gasteiger partial charge is 0.347 e. The fourth-order valence-corrected chi connectivity index (χ4v) is 4.85. The van der Waals surface area contributed by atoms with Gasteiger partial charge in [0.05, 0.1) is 0 Å². The first-order chi connectivity index (χ1) is 19.5. The Morgan fingerprint density at radius 1 is 0.780 bits per heavy atom. The van der Waals surface area contributed by atoms with Crippen LogP contribution in [0.1, 0.15) is 75.7 Å². The Balaban J connectivity index is 1.67. The van der Waals surface area contributed by atoms with Gasteiger partial charge in [0.1, 0.15) is 18.1 Å². The van der Waals surface area contributed by atoms with Crippen molar-refractivity contribution in [3.63, 3.8) is 0 Å². The molecule has 220 valence electrons. The maximum Gasteiger partial charge on any atom is 0.289 e. The van der Waals surface area contributed by atoms with Crippen molar-refractivity contribution in [3.8, 4) is 0 Å². The van der Waals surface area contributed by atoms with Gasteiger partial charge >= 0.3 is 0 Å². The molecule has 1 aliphatic rings. The number of hydrogen-bond acceptors (Lipinski definition) is 5. The molecule has 2 aromatic rings. The van der Waals surface area contributed by atoms with Gasteiger partial charge in [-0.25, -0.2) is 0 Å². The van der Waals surface area contributed by atoms with Crippen LogP contribution in [0.3, 0.4) is 0 Å². The van der Waals surface area contributed by atoms with E-state index in [4.69, 9.17) is 0 Å². The monoisotopic (exact) mass is 562 g/mol. The lowest BCUT2D eigenvalue weighted by Crippen LogP contribution is -2.59. The number of carbonyl (C=O) groups excluding carboxylic acids is 5. The van der Waals surface area contributed by atoms with E-state index in [-0.39, 0.29) is 12.5 Å². The molecule has 1 aliphatic carbocycles. The fourth-order valence-electron chi connectivity index (χ4n) is 4.85. The predicted molar refractivity (Wildman–Crippen MR) is 157 cm³/mol. The van der Waals surface area contributed by atoms with E-state index in [1.54, 1.807) is 51.1 Å². The number of benzene rings is 2. The van der Waals surface area contributed by atoms with E-state index in [2.05, 4.69) is 21.3 Å². The number of ketones is 1. The predicted octanol–water partition coefficient (Wildman–Crippen LogP) is 3.08. The number of amides is 4. The van der Waals surface area contributed by atoms with Crippen LogP contribution in [0.4, 0.5) is 0 Å². The number of nitrogens with one attached hydrogen (secondary N) is 4. The lowest BCUT2D eigenvalue weighted by atomic mass is 9.83. The molecule has 0 aromatic heterocycles. The second-order valence-electron chi connectivity index (χ2n) is 11.8. The minimum Gasteiger partial charge on any atom is -0.347 e. The van der Waals surface area contributed by atoms with Crippen molar-refractivity contribution in [2.75, 3.05) is 0 Å². The Hall–Kier alpha value is -4.01. The van der Waals surface area contributed by atoms with Gasteiger partial charge in [-0.05, 0) is 42.9 Å². The van der Waals surface area contributed by atoms with Crippen LogP contribution >= 0.6 is 0 Å². The molecule has 1 saturated carbocycles. The summed E-state index contributed by atoms with van der Waals surface area (Å²) < 4.78 is 0. The first-order valence-corrected chi connectivity index (χ1v) is 14.3. The molecule has 1 fully saturated rings. The highest BCUT2D eigenvalue weighted by Gasteiger charge is 2.38. The fraction of sp³-hybridized carbons (Fsp3) is 0.469. The Labute approximate surface area is 242 Å². The highest BCUT2D eigenvalue weighted by Crippen LogP contribution is 2.22. The summed E-state index contributed by atoms with van der Waals surface area (Å²) >= 11 is 0. The van der Waals surface area contributed by atoms with E-state index in [0.29, 0.717) is 5.56 Å². The van der Waals surface area contributed by atoms with E-state index in [1.807, 2.05) is 30.3 Å². The summed E-state index contributed by atoms with van der Waals surface area (Å²) in [5.74, 6) is -2.99. The first-order valence-electron chi connectivity index (χ1n) is 14.3. The number of rotatable bonds is 11. The van der Waals surface area contributed by atoms with Gasteiger partial charge in [-0.2, -0.15) is 0 Å². The minimum absolute atomic E-state index is 0.0395. The molecule has 3 atom stereocenters. The van der Waals surface area contributed by atoms with Gasteiger partial charge in [-0.3, -0.25) is 24.0 Å². The van der Waals surface area contributed by atoms with Gasteiger partial charge in [0.2, 0.25) is 17.6 Å². The van der Waals surface area contributed by atoms with Crippen LogP contribution in [0, 0.1) is 5.41 Å². The molecule has 9 heteroatoms. The van der Waals surface area contributed by atoms with Crippen LogP contribution in [-0.4, -0.2) is 53.6 Å². The third kappa shape index (κ3) is 9.55. The van der Waals surface area contributed by atoms with E-state index in [1.165, 1.54) is 6.92 Å². The molecule has 0 heterocycles. The van der Waals surface area contributed by atoms with Crippen molar-refractivity contribution in [2.45, 2.75) is 90.4 Å². The summed E-state index contributed by atoms with van der Waals surface area (Å²) in [6.45, 7) is 6.80. The molecule has 0 unspecified atom stereocenters. The number of carbonyl (C=O) groups is 5. The molecular weight excluding hydrogens is 520 g/mol. The second kappa shape index (κ2) is 14.6. The zero-order chi connectivity index (χ0) is 30.0. The van der Waals surface area contributed by atoms with Gasteiger partial charge in [-0.1, -0.05) is 88.6 Å². The van der Waals surface area contributed by atoms with E-state index in [9.17, 15) is 24.0 Å². The lowest BCUT2D eigenvalue weighted by Gasteiger charge is -2.32. The van der Waals surface area contributed by atoms with Gasteiger partial charge in [0.15, 0.2) is 0 Å². The zero-order valence-corrected chi connectivity index (χ0v) is 24.4. The highest BCUT2D eigenvalue weighted by atomic mass is 16.2. The lowest BCUT2D eigenvalue weighted by molar-refractivity contribution is -0.142. The van der Waals surface area contributed by atoms with E-state index in [0.717, 1.165) is 37.7 Å². The smallest absolute Gasteiger partial charge is 0.289 e.